The number of rotatable bonds is 4. The molecule has 1 amide bonds. The van der Waals surface area contributed by atoms with Gasteiger partial charge in [0.15, 0.2) is 0 Å². The molecule has 1 saturated heterocycles. The van der Waals surface area contributed by atoms with Crippen LogP contribution in [0.2, 0.25) is 0 Å². The number of amides is 1. The van der Waals surface area contributed by atoms with Crippen molar-refractivity contribution < 1.29 is 9.53 Å². The maximum atomic E-state index is 12.3. The Hall–Kier alpha value is -1.55. The molecule has 19 heavy (non-hydrogen) atoms. The molecular formula is C15H22N2O2. The molecule has 0 bridgehead atoms. The van der Waals surface area contributed by atoms with Crippen LogP contribution in [0, 0.1) is 0 Å². The number of ether oxygens (including phenoxy) is 1. The fraction of sp³-hybridized carbons (Fsp3) is 0.533. The molecule has 2 rings (SSSR count). The third-order valence-corrected chi connectivity index (χ3v) is 3.68. The van der Waals surface area contributed by atoms with Crippen LogP contribution in [0.15, 0.2) is 24.3 Å². The first-order valence-electron chi connectivity index (χ1n) is 6.90. The van der Waals surface area contributed by atoms with Gasteiger partial charge in [0.05, 0.1) is 18.8 Å². The monoisotopic (exact) mass is 262 g/mol. The standard InChI is InChI=1S/C15H22N2O2/c1-12(17-10-6-3-7-11-17)15(18)16-13-8-4-5-9-14(13)19-2/h4-5,8-9,12H,3,6-7,10-11H2,1-2H3,(H,16,18)/t12-/m0/s1. The minimum atomic E-state index is -0.0924. The molecule has 0 aromatic heterocycles. The lowest BCUT2D eigenvalue weighted by atomic mass is 10.1. The Balaban J connectivity index is 1.99. The van der Waals surface area contributed by atoms with Crippen LogP contribution < -0.4 is 10.1 Å². The van der Waals surface area contributed by atoms with Crippen molar-refractivity contribution >= 4 is 11.6 Å². The minimum Gasteiger partial charge on any atom is -0.495 e. The number of hydrogen-bond donors (Lipinski definition) is 1. The highest BCUT2D eigenvalue weighted by Gasteiger charge is 2.23. The highest BCUT2D eigenvalue weighted by molar-refractivity contribution is 5.95. The second-order valence-corrected chi connectivity index (χ2v) is 4.96. The lowest BCUT2D eigenvalue weighted by Crippen LogP contribution is -2.44. The van der Waals surface area contributed by atoms with Gasteiger partial charge in [-0.1, -0.05) is 18.6 Å². The number of anilines is 1. The van der Waals surface area contributed by atoms with Crippen LogP contribution in [0.1, 0.15) is 26.2 Å². The van der Waals surface area contributed by atoms with E-state index in [4.69, 9.17) is 4.74 Å². The van der Waals surface area contributed by atoms with Gasteiger partial charge >= 0.3 is 0 Å². The van der Waals surface area contributed by atoms with Crippen LogP contribution in [0.25, 0.3) is 0 Å². The first kappa shape index (κ1) is 13.9. The van der Waals surface area contributed by atoms with E-state index < -0.39 is 0 Å². The largest absolute Gasteiger partial charge is 0.495 e. The summed E-state index contributed by atoms with van der Waals surface area (Å²) in [6, 6.07) is 7.40. The Bertz CT molecular complexity index is 428. The summed E-state index contributed by atoms with van der Waals surface area (Å²) in [6.07, 6.45) is 3.65. The number of hydrogen-bond acceptors (Lipinski definition) is 3. The van der Waals surface area contributed by atoms with E-state index in [1.165, 1.54) is 19.3 Å². The molecule has 0 radical (unpaired) electrons. The van der Waals surface area contributed by atoms with Gasteiger partial charge in [0, 0.05) is 0 Å². The molecule has 1 aliphatic rings. The number of carbonyl (C=O) groups excluding carboxylic acids is 1. The van der Waals surface area contributed by atoms with Gasteiger partial charge in [-0.2, -0.15) is 0 Å². The van der Waals surface area contributed by atoms with Crippen molar-refractivity contribution in [3.63, 3.8) is 0 Å². The van der Waals surface area contributed by atoms with Crippen LogP contribution in [0.5, 0.6) is 5.75 Å². The summed E-state index contributed by atoms with van der Waals surface area (Å²) in [5, 5.41) is 2.95. The van der Waals surface area contributed by atoms with Crippen LogP contribution >= 0.6 is 0 Å². The van der Waals surface area contributed by atoms with Gasteiger partial charge in [0.1, 0.15) is 5.75 Å². The summed E-state index contributed by atoms with van der Waals surface area (Å²) in [5.41, 5.74) is 0.735. The molecule has 4 nitrogen and oxygen atoms in total. The fourth-order valence-electron chi connectivity index (χ4n) is 2.46. The highest BCUT2D eigenvalue weighted by atomic mass is 16.5. The Kier molecular flexibility index (Phi) is 4.80. The van der Waals surface area contributed by atoms with Crippen LogP contribution in [-0.2, 0) is 4.79 Å². The second-order valence-electron chi connectivity index (χ2n) is 4.96. The van der Waals surface area contributed by atoms with E-state index in [1.807, 2.05) is 31.2 Å². The molecule has 4 heteroatoms. The van der Waals surface area contributed by atoms with Gasteiger partial charge < -0.3 is 10.1 Å². The summed E-state index contributed by atoms with van der Waals surface area (Å²) in [4.78, 5) is 14.5. The van der Waals surface area contributed by atoms with E-state index in [2.05, 4.69) is 10.2 Å². The highest BCUT2D eigenvalue weighted by Crippen LogP contribution is 2.23. The maximum Gasteiger partial charge on any atom is 0.241 e. The van der Waals surface area contributed by atoms with Crippen molar-refractivity contribution in [1.82, 2.24) is 4.90 Å². The first-order chi connectivity index (χ1) is 9.22. The summed E-state index contributed by atoms with van der Waals surface area (Å²) in [7, 11) is 1.61. The van der Waals surface area contributed by atoms with Gasteiger partial charge in [-0.05, 0) is 45.0 Å². The summed E-state index contributed by atoms with van der Waals surface area (Å²) in [6.45, 7) is 4.00. The smallest absolute Gasteiger partial charge is 0.241 e. The first-order valence-corrected chi connectivity index (χ1v) is 6.90. The predicted molar refractivity (Wildman–Crippen MR) is 76.5 cm³/mol. The van der Waals surface area contributed by atoms with Gasteiger partial charge in [-0.25, -0.2) is 0 Å². The molecule has 0 aliphatic carbocycles. The number of nitrogens with zero attached hydrogens (tertiary/aromatic N) is 1. The zero-order chi connectivity index (χ0) is 13.7. The van der Waals surface area contributed by atoms with Crippen molar-refractivity contribution in [3.8, 4) is 5.75 Å². The Labute approximate surface area is 114 Å². The van der Waals surface area contributed by atoms with Crippen molar-refractivity contribution in [2.45, 2.75) is 32.2 Å². The quantitative estimate of drug-likeness (QED) is 0.906. The van der Waals surface area contributed by atoms with Crippen LogP contribution in [0.3, 0.4) is 0 Å². The van der Waals surface area contributed by atoms with E-state index >= 15 is 0 Å². The molecule has 1 N–H and O–H groups in total. The van der Waals surface area contributed by atoms with E-state index in [0.717, 1.165) is 18.8 Å². The minimum absolute atomic E-state index is 0.0337. The number of nitrogens with one attached hydrogen (secondary N) is 1. The average molecular weight is 262 g/mol. The van der Waals surface area contributed by atoms with Gasteiger partial charge in [0.2, 0.25) is 5.91 Å². The van der Waals surface area contributed by atoms with E-state index in [0.29, 0.717) is 5.75 Å². The molecule has 104 valence electrons. The van der Waals surface area contributed by atoms with Crippen molar-refractivity contribution in [2.75, 3.05) is 25.5 Å². The Morgan fingerprint density at radius 3 is 2.63 bits per heavy atom. The number of carbonyl (C=O) groups is 1. The maximum absolute atomic E-state index is 12.3. The van der Waals surface area contributed by atoms with E-state index in [-0.39, 0.29) is 11.9 Å². The molecule has 1 aromatic carbocycles. The van der Waals surface area contributed by atoms with Gasteiger partial charge in [-0.3, -0.25) is 9.69 Å². The van der Waals surface area contributed by atoms with Crippen molar-refractivity contribution in [3.05, 3.63) is 24.3 Å². The van der Waals surface area contributed by atoms with Crippen LogP contribution in [-0.4, -0.2) is 37.0 Å². The second kappa shape index (κ2) is 6.57. The molecule has 0 saturated carbocycles. The topological polar surface area (TPSA) is 41.6 Å². The molecule has 1 aliphatic heterocycles. The lowest BCUT2D eigenvalue weighted by molar-refractivity contribution is -0.121. The molecule has 0 spiro atoms. The summed E-state index contributed by atoms with van der Waals surface area (Å²) < 4.78 is 5.24. The molecule has 1 atom stereocenters. The zero-order valence-electron chi connectivity index (χ0n) is 11.7. The van der Waals surface area contributed by atoms with Crippen molar-refractivity contribution in [1.29, 1.82) is 0 Å². The number of methoxy groups -OCH3 is 1. The van der Waals surface area contributed by atoms with Crippen LogP contribution in [0.4, 0.5) is 5.69 Å². The molecular weight excluding hydrogens is 240 g/mol. The van der Waals surface area contributed by atoms with E-state index in [1.54, 1.807) is 7.11 Å². The number of likely N-dealkylation sites (tertiary alicyclic amines) is 1. The van der Waals surface area contributed by atoms with E-state index in [9.17, 15) is 4.79 Å². The third kappa shape index (κ3) is 3.47. The molecule has 0 unspecified atom stereocenters. The average Bonchev–Trinajstić information content (AvgIpc) is 2.48. The summed E-state index contributed by atoms with van der Waals surface area (Å²) in [5.74, 6) is 0.730. The van der Waals surface area contributed by atoms with Gasteiger partial charge in [-0.15, -0.1) is 0 Å². The molecule has 1 fully saturated rings. The zero-order valence-corrected chi connectivity index (χ0v) is 11.7. The number of benzene rings is 1. The third-order valence-electron chi connectivity index (χ3n) is 3.68. The predicted octanol–water partition coefficient (Wildman–Crippen LogP) is 2.51. The molecule has 1 heterocycles. The van der Waals surface area contributed by atoms with Gasteiger partial charge in [0.25, 0.3) is 0 Å². The lowest BCUT2D eigenvalue weighted by Gasteiger charge is -2.31. The Morgan fingerprint density at radius 1 is 1.26 bits per heavy atom. The fourth-order valence-corrected chi connectivity index (χ4v) is 2.46. The summed E-state index contributed by atoms with van der Waals surface area (Å²) >= 11 is 0. The molecule has 1 aromatic rings. The SMILES string of the molecule is COc1ccccc1NC(=O)[C@H](C)N1CCCCC1. The van der Waals surface area contributed by atoms with Crippen molar-refractivity contribution in [2.24, 2.45) is 0 Å². The Morgan fingerprint density at radius 2 is 1.95 bits per heavy atom. The normalized spacial score (nSPS) is 17.8. The number of piperidine rings is 1. The number of para-hydroxylation sites is 2.